The van der Waals surface area contributed by atoms with Crippen LogP contribution in [0.1, 0.15) is 12.0 Å². The fraction of sp³-hybridized carbons (Fsp3) is 0.308. The largest absolute Gasteiger partial charge is 0.337 e. The number of aryl methyl sites for hydroxylation is 1. The van der Waals surface area contributed by atoms with E-state index in [2.05, 4.69) is 14.9 Å². The highest BCUT2D eigenvalue weighted by Crippen LogP contribution is 2.14. The van der Waals surface area contributed by atoms with Gasteiger partial charge in [0, 0.05) is 30.5 Å². The monoisotopic (exact) mass is 321 g/mol. The Morgan fingerprint density at radius 2 is 2.00 bits per heavy atom. The molecule has 3 nitrogen and oxygen atoms in total. The van der Waals surface area contributed by atoms with E-state index in [0.717, 1.165) is 36.6 Å². The number of halogens is 3. The Balaban J connectivity index is 0.00000162. The number of rotatable bonds is 6. The lowest BCUT2D eigenvalue weighted by molar-refractivity contribution is 0.581. The van der Waals surface area contributed by atoms with Crippen molar-refractivity contribution >= 4 is 36.4 Å². The second-order valence-corrected chi connectivity index (χ2v) is 4.33. The molecule has 2 aromatic rings. The molecule has 1 heterocycles. The second kappa shape index (κ2) is 10.1. The van der Waals surface area contributed by atoms with E-state index in [1.807, 2.05) is 36.8 Å². The van der Waals surface area contributed by atoms with Gasteiger partial charge in [-0.05, 0) is 24.6 Å². The first-order chi connectivity index (χ1) is 8.36. The number of nitrogens with one attached hydrogen (secondary N) is 1. The minimum Gasteiger partial charge on any atom is -0.337 e. The van der Waals surface area contributed by atoms with Gasteiger partial charge in [-0.15, -0.1) is 24.8 Å². The van der Waals surface area contributed by atoms with Gasteiger partial charge in [-0.1, -0.05) is 29.8 Å². The normalized spacial score (nSPS) is 9.53. The standard InChI is InChI=1S/C13H16ClN3.2ClH/c14-13-5-2-1-4-12(13)10-15-6-3-8-17-9-7-16-11-17;;/h1-2,4-5,7,9,11,15H,3,6,8,10H2;2*1H. The molecule has 1 aromatic heterocycles. The van der Waals surface area contributed by atoms with Crippen LogP contribution in [0.2, 0.25) is 5.02 Å². The van der Waals surface area contributed by atoms with E-state index >= 15 is 0 Å². The maximum absolute atomic E-state index is 6.07. The molecule has 106 valence electrons. The fourth-order valence-corrected chi connectivity index (χ4v) is 1.87. The highest BCUT2D eigenvalue weighted by Gasteiger charge is 1.97. The fourth-order valence-electron chi connectivity index (χ4n) is 1.67. The van der Waals surface area contributed by atoms with Gasteiger partial charge in [0.2, 0.25) is 0 Å². The Morgan fingerprint density at radius 3 is 2.68 bits per heavy atom. The molecule has 0 amide bonds. The van der Waals surface area contributed by atoms with E-state index in [4.69, 9.17) is 11.6 Å². The summed E-state index contributed by atoms with van der Waals surface area (Å²) in [5, 5.41) is 4.22. The average molecular weight is 323 g/mol. The van der Waals surface area contributed by atoms with Crippen LogP contribution in [-0.2, 0) is 13.1 Å². The third kappa shape index (κ3) is 6.30. The molecule has 0 aliphatic carbocycles. The zero-order valence-corrected chi connectivity index (χ0v) is 12.8. The highest BCUT2D eigenvalue weighted by atomic mass is 35.5. The van der Waals surface area contributed by atoms with Crippen molar-refractivity contribution in [3.63, 3.8) is 0 Å². The van der Waals surface area contributed by atoms with E-state index in [0.29, 0.717) is 0 Å². The Morgan fingerprint density at radius 1 is 1.21 bits per heavy atom. The third-order valence-electron chi connectivity index (χ3n) is 2.60. The first-order valence-electron chi connectivity index (χ1n) is 5.76. The van der Waals surface area contributed by atoms with Crippen LogP contribution in [0.3, 0.4) is 0 Å². The lowest BCUT2D eigenvalue weighted by Crippen LogP contribution is -2.16. The molecule has 0 unspecified atom stereocenters. The van der Waals surface area contributed by atoms with Crippen molar-refractivity contribution in [2.75, 3.05) is 6.54 Å². The molecule has 0 saturated heterocycles. The summed E-state index contributed by atoms with van der Waals surface area (Å²) in [5.41, 5.74) is 1.15. The summed E-state index contributed by atoms with van der Waals surface area (Å²) in [6.45, 7) is 2.79. The van der Waals surface area contributed by atoms with Gasteiger partial charge in [0.15, 0.2) is 0 Å². The SMILES string of the molecule is Cl.Cl.Clc1ccccc1CNCCCn1ccnc1. The lowest BCUT2D eigenvalue weighted by atomic mass is 10.2. The molecule has 1 N–H and O–H groups in total. The molecule has 0 spiro atoms. The molecule has 6 heteroatoms. The summed E-state index contributed by atoms with van der Waals surface area (Å²) in [4.78, 5) is 4.01. The van der Waals surface area contributed by atoms with Crippen molar-refractivity contribution in [3.8, 4) is 0 Å². The molecule has 0 fully saturated rings. The number of hydrogen-bond donors (Lipinski definition) is 1. The quantitative estimate of drug-likeness (QED) is 0.824. The van der Waals surface area contributed by atoms with Gasteiger partial charge in [0.25, 0.3) is 0 Å². The lowest BCUT2D eigenvalue weighted by Gasteiger charge is -2.06. The minimum absolute atomic E-state index is 0. The van der Waals surface area contributed by atoms with E-state index in [1.165, 1.54) is 0 Å². The summed E-state index contributed by atoms with van der Waals surface area (Å²) >= 11 is 6.07. The first-order valence-corrected chi connectivity index (χ1v) is 6.14. The van der Waals surface area contributed by atoms with Crippen molar-refractivity contribution in [3.05, 3.63) is 53.6 Å². The molecular formula is C13H18Cl3N3. The number of imidazole rings is 1. The molecule has 19 heavy (non-hydrogen) atoms. The molecule has 2 rings (SSSR count). The van der Waals surface area contributed by atoms with Crippen molar-refractivity contribution in [2.24, 2.45) is 0 Å². The van der Waals surface area contributed by atoms with Gasteiger partial charge in [-0.25, -0.2) is 4.98 Å². The molecule has 1 aromatic carbocycles. The van der Waals surface area contributed by atoms with E-state index in [1.54, 1.807) is 6.20 Å². The van der Waals surface area contributed by atoms with Crippen LogP contribution >= 0.6 is 36.4 Å². The Bertz CT molecular complexity index is 446. The average Bonchev–Trinajstić information content (AvgIpc) is 2.84. The molecule has 0 aliphatic rings. The van der Waals surface area contributed by atoms with E-state index in [9.17, 15) is 0 Å². The highest BCUT2D eigenvalue weighted by molar-refractivity contribution is 6.31. The van der Waals surface area contributed by atoms with Gasteiger partial charge in [-0.2, -0.15) is 0 Å². The Kier molecular flexibility index (Phi) is 9.70. The van der Waals surface area contributed by atoms with Crippen molar-refractivity contribution < 1.29 is 0 Å². The van der Waals surface area contributed by atoms with Gasteiger partial charge in [0.1, 0.15) is 0 Å². The molecule has 0 saturated carbocycles. The van der Waals surface area contributed by atoms with Crippen molar-refractivity contribution in [1.82, 2.24) is 14.9 Å². The van der Waals surface area contributed by atoms with Gasteiger partial charge >= 0.3 is 0 Å². The van der Waals surface area contributed by atoms with Gasteiger partial charge < -0.3 is 9.88 Å². The molecule has 0 atom stereocenters. The van der Waals surface area contributed by atoms with Gasteiger partial charge in [-0.3, -0.25) is 0 Å². The summed E-state index contributed by atoms with van der Waals surface area (Å²) in [6.07, 6.45) is 6.71. The zero-order valence-electron chi connectivity index (χ0n) is 10.5. The number of benzene rings is 1. The van der Waals surface area contributed by atoms with E-state index in [-0.39, 0.29) is 24.8 Å². The molecule has 0 bridgehead atoms. The van der Waals surface area contributed by atoms with Crippen molar-refractivity contribution in [1.29, 1.82) is 0 Å². The number of hydrogen-bond acceptors (Lipinski definition) is 2. The van der Waals surface area contributed by atoms with Crippen LogP contribution in [0, 0.1) is 0 Å². The minimum atomic E-state index is 0. The van der Waals surface area contributed by atoms with E-state index < -0.39 is 0 Å². The van der Waals surface area contributed by atoms with Crippen LogP contribution in [-0.4, -0.2) is 16.1 Å². The molecule has 0 radical (unpaired) electrons. The number of aromatic nitrogens is 2. The van der Waals surface area contributed by atoms with Gasteiger partial charge in [0.05, 0.1) is 6.33 Å². The second-order valence-electron chi connectivity index (χ2n) is 3.92. The predicted octanol–water partition coefficient (Wildman–Crippen LogP) is 3.56. The van der Waals surface area contributed by atoms with Crippen LogP contribution in [0.15, 0.2) is 43.0 Å². The summed E-state index contributed by atoms with van der Waals surface area (Å²) in [5.74, 6) is 0. The first kappa shape index (κ1) is 18.3. The summed E-state index contributed by atoms with van der Waals surface area (Å²) in [6, 6.07) is 7.93. The third-order valence-corrected chi connectivity index (χ3v) is 2.97. The van der Waals surface area contributed by atoms with Crippen LogP contribution in [0.25, 0.3) is 0 Å². The maximum atomic E-state index is 6.07. The summed E-state index contributed by atoms with van der Waals surface area (Å²) in [7, 11) is 0. The summed E-state index contributed by atoms with van der Waals surface area (Å²) < 4.78 is 2.08. The molecule has 0 aliphatic heterocycles. The van der Waals surface area contributed by atoms with Crippen molar-refractivity contribution in [2.45, 2.75) is 19.5 Å². The van der Waals surface area contributed by atoms with Crippen LogP contribution in [0.4, 0.5) is 0 Å². The smallest absolute Gasteiger partial charge is 0.0945 e. The van der Waals surface area contributed by atoms with Crippen LogP contribution < -0.4 is 5.32 Å². The topological polar surface area (TPSA) is 29.9 Å². The Labute approximate surface area is 131 Å². The zero-order chi connectivity index (χ0) is 11.9. The van der Waals surface area contributed by atoms with Crippen LogP contribution in [0.5, 0.6) is 0 Å². The number of nitrogens with zero attached hydrogens (tertiary/aromatic N) is 2. The predicted molar refractivity (Wildman–Crippen MR) is 84.5 cm³/mol. The maximum Gasteiger partial charge on any atom is 0.0945 e. The Hall–Kier alpha value is -0.740. The molecular weight excluding hydrogens is 305 g/mol.